The van der Waals surface area contributed by atoms with Crippen LogP contribution in [0.4, 0.5) is 0 Å². The molecule has 2 nitrogen and oxygen atoms in total. The predicted molar refractivity (Wildman–Crippen MR) is 74.9 cm³/mol. The lowest BCUT2D eigenvalue weighted by Gasteiger charge is -2.05. The van der Waals surface area contributed by atoms with Crippen molar-refractivity contribution in [2.45, 2.75) is 45.4 Å². The first kappa shape index (κ1) is 15.0. The van der Waals surface area contributed by atoms with Crippen LogP contribution in [0.3, 0.4) is 0 Å². The van der Waals surface area contributed by atoms with Gasteiger partial charge in [0.25, 0.3) is 0 Å². The van der Waals surface area contributed by atoms with Crippen molar-refractivity contribution in [3.8, 4) is 0 Å². The Bertz CT molecular complexity index is 346. The molecule has 100 valence electrons. The van der Waals surface area contributed by atoms with Crippen molar-refractivity contribution in [3.63, 3.8) is 0 Å². The largest absolute Gasteiger partial charge is 0.465 e. The second-order valence-corrected chi connectivity index (χ2v) is 4.87. The van der Waals surface area contributed by atoms with Gasteiger partial charge in [-0.05, 0) is 24.1 Å². The maximum Gasteiger partial charge on any atom is 0.310 e. The summed E-state index contributed by atoms with van der Waals surface area (Å²) in [5.74, 6) is -0.159. The third-order valence-corrected chi connectivity index (χ3v) is 3.02. The van der Waals surface area contributed by atoms with Gasteiger partial charge in [-0.1, -0.05) is 56.3 Å². The van der Waals surface area contributed by atoms with Crippen molar-refractivity contribution in [1.29, 1.82) is 0 Å². The molecule has 0 aliphatic rings. The number of hydrogen-bond acceptors (Lipinski definition) is 2. The van der Waals surface area contributed by atoms with E-state index in [4.69, 9.17) is 16.3 Å². The second kappa shape index (κ2) is 8.98. The Kier molecular flexibility index (Phi) is 7.51. The molecule has 0 bridgehead atoms. The quantitative estimate of drug-likeness (QED) is 0.516. The van der Waals surface area contributed by atoms with Gasteiger partial charge in [0.1, 0.15) is 0 Å². The summed E-state index contributed by atoms with van der Waals surface area (Å²) in [5, 5.41) is 0.683. The van der Waals surface area contributed by atoms with Crippen LogP contribution >= 0.6 is 11.6 Å². The van der Waals surface area contributed by atoms with Crippen LogP contribution < -0.4 is 0 Å². The lowest BCUT2D eigenvalue weighted by Crippen LogP contribution is -2.09. The van der Waals surface area contributed by atoms with E-state index in [1.807, 2.05) is 12.1 Å². The first-order valence-electron chi connectivity index (χ1n) is 6.62. The number of halogens is 1. The number of unbranched alkanes of at least 4 members (excludes halogenated alkanes) is 4. The van der Waals surface area contributed by atoms with Crippen LogP contribution in [0.2, 0.25) is 5.02 Å². The zero-order valence-electron chi connectivity index (χ0n) is 11.0. The van der Waals surface area contributed by atoms with Crippen molar-refractivity contribution in [3.05, 3.63) is 34.9 Å². The van der Waals surface area contributed by atoms with E-state index < -0.39 is 0 Å². The van der Waals surface area contributed by atoms with Crippen molar-refractivity contribution in [2.24, 2.45) is 0 Å². The van der Waals surface area contributed by atoms with Gasteiger partial charge in [0.2, 0.25) is 0 Å². The lowest BCUT2D eigenvalue weighted by molar-refractivity contribution is -0.142. The molecule has 0 amide bonds. The monoisotopic (exact) mass is 268 g/mol. The second-order valence-electron chi connectivity index (χ2n) is 4.44. The molecule has 0 aliphatic carbocycles. The number of esters is 1. The summed E-state index contributed by atoms with van der Waals surface area (Å²) in [7, 11) is 0. The summed E-state index contributed by atoms with van der Waals surface area (Å²) in [6, 6.07) is 7.28. The minimum Gasteiger partial charge on any atom is -0.465 e. The molecule has 18 heavy (non-hydrogen) atoms. The fourth-order valence-electron chi connectivity index (χ4n) is 1.71. The minimum absolute atomic E-state index is 0.159. The molecular formula is C15H21ClO2. The average Bonchev–Trinajstić information content (AvgIpc) is 2.36. The van der Waals surface area contributed by atoms with Gasteiger partial charge in [-0.25, -0.2) is 0 Å². The van der Waals surface area contributed by atoms with E-state index in [1.54, 1.807) is 12.1 Å². The molecule has 0 heterocycles. The molecule has 0 atom stereocenters. The number of ether oxygens (including phenoxy) is 1. The van der Waals surface area contributed by atoms with Gasteiger partial charge in [0.05, 0.1) is 13.0 Å². The van der Waals surface area contributed by atoms with Crippen LogP contribution in [-0.2, 0) is 16.0 Å². The highest BCUT2D eigenvalue weighted by Crippen LogP contribution is 2.10. The Hall–Kier alpha value is -1.02. The van der Waals surface area contributed by atoms with Crippen molar-refractivity contribution in [2.75, 3.05) is 6.61 Å². The zero-order valence-corrected chi connectivity index (χ0v) is 11.7. The first-order chi connectivity index (χ1) is 8.72. The van der Waals surface area contributed by atoms with Crippen molar-refractivity contribution in [1.82, 2.24) is 0 Å². The molecule has 0 fully saturated rings. The molecule has 1 aromatic carbocycles. The summed E-state index contributed by atoms with van der Waals surface area (Å²) >= 11 is 5.78. The third kappa shape index (κ3) is 6.65. The SMILES string of the molecule is CCCCCCCOC(=O)Cc1ccc(Cl)cc1. The molecule has 0 saturated carbocycles. The van der Waals surface area contributed by atoms with Crippen molar-refractivity contribution >= 4 is 17.6 Å². The van der Waals surface area contributed by atoms with Gasteiger partial charge in [-0.2, -0.15) is 0 Å². The summed E-state index contributed by atoms with van der Waals surface area (Å²) in [5.41, 5.74) is 0.940. The Morgan fingerprint density at radius 3 is 2.44 bits per heavy atom. The van der Waals surface area contributed by atoms with Crippen LogP contribution in [0.25, 0.3) is 0 Å². The summed E-state index contributed by atoms with van der Waals surface area (Å²) in [6.07, 6.45) is 6.15. The fraction of sp³-hybridized carbons (Fsp3) is 0.533. The number of hydrogen-bond donors (Lipinski definition) is 0. The highest BCUT2D eigenvalue weighted by molar-refractivity contribution is 6.30. The Balaban J connectivity index is 2.12. The van der Waals surface area contributed by atoms with Gasteiger partial charge < -0.3 is 4.74 Å². The Morgan fingerprint density at radius 1 is 1.11 bits per heavy atom. The van der Waals surface area contributed by atoms with Crippen LogP contribution in [0.5, 0.6) is 0 Å². The summed E-state index contributed by atoms with van der Waals surface area (Å²) in [4.78, 5) is 11.5. The molecule has 0 radical (unpaired) electrons. The molecule has 0 saturated heterocycles. The highest BCUT2D eigenvalue weighted by Gasteiger charge is 2.04. The lowest BCUT2D eigenvalue weighted by atomic mass is 10.1. The van der Waals surface area contributed by atoms with E-state index in [2.05, 4.69) is 6.92 Å². The van der Waals surface area contributed by atoms with E-state index in [0.29, 0.717) is 18.1 Å². The molecule has 0 aromatic heterocycles. The van der Waals surface area contributed by atoms with E-state index in [1.165, 1.54) is 19.3 Å². The predicted octanol–water partition coefficient (Wildman–Crippen LogP) is 4.40. The molecule has 1 rings (SSSR count). The summed E-state index contributed by atoms with van der Waals surface area (Å²) < 4.78 is 5.18. The van der Waals surface area contributed by atoms with Gasteiger partial charge in [0.15, 0.2) is 0 Å². The number of carbonyl (C=O) groups is 1. The number of benzene rings is 1. The molecule has 0 aliphatic heterocycles. The molecule has 0 N–H and O–H groups in total. The number of rotatable bonds is 8. The Morgan fingerprint density at radius 2 is 1.78 bits per heavy atom. The average molecular weight is 269 g/mol. The Labute approximate surface area is 114 Å². The third-order valence-electron chi connectivity index (χ3n) is 2.77. The maximum atomic E-state index is 11.5. The molecule has 0 spiro atoms. The highest BCUT2D eigenvalue weighted by atomic mass is 35.5. The minimum atomic E-state index is -0.159. The zero-order chi connectivity index (χ0) is 13.2. The van der Waals surface area contributed by atoms with Crippen molar-refractivity contribution < 1.29 is 9.53 Å². The van der Waals surface area contributed by atoms with E-state index in [9.17, 15) is 4.79 Å². The van der Waals surface area contributed by atoms with E-state index in [-0.39, 0.29) is 5.97 Å². The molecule has 0 unspecified atom stereocenters. The fourth-order valence-corrected chi connectivity index (χ4v) is 1.84. The standard InChI is InChI=1S/C15H21ClO2/c1-2-3-4-5-6-11-18-15(17)12-13-7-9-14(16)10-8-13/h7-10H,2-6,11-12H2,1H3. The van der Waals surface area contributed by atoms with Gasteiger partial charge in [-0.3, -0.25) is 4.79 Å². The van der Waals surface area contributed by atoms with Crippen LogP contribution in [0, 0.1) is 0 Å². The van der Waals surface area contributed by atoms with E-state index in [0.717, 1.165) is 18.4 Å². The molecular weight excluding hydrogens is 248 g/mol. The normalized spacial score (nSPS) is 10.3. The molecule has 1 aromatic rings. The van der Waals surface area contributed by atoms with Crippen LogP contribution in [0.1, 0.15) is 44.6 Å². The van der Waals surface area contributed by atoms with E-state index >= 15 is 0 Å². The van der Waals surface area contributed by atoms with Gasteiger partial charge in [0, 0.05) is 5.02 Å². The number of carbonyl (C=O) groups excluding carboxylic acids is 1. The first-order valence-corrected chi connectivity index (χ1v) is 7.00. The summed E-state index contributed by atoms with van der Waals surface area (Å²) in [6.45, 7) is 2.72. The molecule has 3 heteroatoms. The van der Waals surface area contributed by atoms with Crippen LogP contribution in [0.15, 0.2) is 24.3 Å². The van der Waals surface area contributed by atoms with Crippen LogP contribution in [-0.4, -0.2) is 12.6 Å². The van der Waals surface area contributed by atoms with Gasteiger partial charge in [-0.15, -0.1) is 0 Å². The maximum absolute atomic E-state index is 11.5. The smallest absolute Gasteiger partial charge is 0.310 e. The topological polar surface area (TPSA) is 26.3 Å². The van der Waals surface area contributed by atoms with Gasteiger partial charge >= 0.3 is 5.97 Å².